The Morgan fingerprint density at radius 3 is 2.64 bits per heavy atom. The number of aryl methyl sites for hydroxylation is 1. The van der Waals surface area contributed by atoms with Crippen molar-refractivity contribution in [3.63, 3.8) is 0 Å². The molecule has 150 valence electrons. The zero-order valence-electron chi connectivity index (χ0n) is 16.1. The van der Waals surface area contributed by atoms with Crippen LogP contribution in [0.5, 0.6) is 0 Å². The normalized spacial score (nSPS) is 20.8. The summed E-state index contributed by atoms with van der Waals surface area (Å²) in [6, 6.07) is 9.21. The highest BCUT2D eigenvalue weighted by Gasteiger charge is 2.33. The summed E-state index contributed by atoms with van der Waals surface area (Å²) in [5.41, 5.74) is 0.847. The van der Waals surface area contributed by atoms with Gasteiger partial charge in [0, 0.05) is 35.8 Å². The number of benzene rings is 1. The minimum atomic E-state index is -3.62. The molecular formula is C20H24N2O4S2. The van der Waals surface area contributed by atoms with Crippen LogP contribution in [0.15, 0.2) is 44.5 Å². The second-order valence-electron chi connectivity index (χ2n) is 7.28. The molecule has 4 rings (SSSR count). The number of furan rings is 1. The fraction of sp³-hybridized carbons (Fsp3) is 0.450. The number of rotatable bonds is 3. The van der Waals surface area contributed by atoms with E-state index in [1.165, 1.54) is 10.4 Å². The lowest BCUT2D eigenvalue weighted by molar-refractivity contribution is 0.0958. The number of hydrogen-bond donors (Lipinski definition) is 0. The first kappa shape index (κ1) is 19.5. The molecule has 28 heavy (non-hydrogen) atoms. The smallest absolute Gasteiger partial charge is 0.294 e. The molecule has 1 atom stereocenters. The number of amides is 1. The number of anilines is 1. The zero-order chi connectivity index (χ0) is 19.9. The van der Waals surface area contributed by atoms with E-state index >= 15 is 0 Å². The maximum absolute atomic E-state index is 13.3. The third-order valence-electron chi connectivity index (χ3n) is 5.25. The summed E-state index contributed by atoms with van der Waals surface area (Å²) in [5.74, 6) is 0.0406. The van der Waals surface area contributed by atoms with Crippen LogP contribution in [0.2, 0.25) is 0 Å². The van der Waals surface area contributed by atoms with Gasteiger partial charge in [-0.15, -0.1) is 11.8 Å². The van der Waals surface area contributed by atoms with Gasteiger partial charge in [0.2, 0.25) is 10.0 Å². The van der Waals surface area contributed by atoms with Gasteiger partial charge in [0.05, 0.1) is 5.69 Å². The van der Waals surface area contributed by atoms with Crippen molar-refractivity contribution >= 4 is 33.4 Å². The number of carbonyl (C=O) groups is 1. The number of carbonyl (C=O) groups excluding carboxylic acids is 1. The summed E-state index contributed by atoms with van der Waals surface area (Å²) in [4.78, 5) is 16.1. The Hall–Kier alpha value is -1.77. The summed E-state index contributed by atoms with van der Waals surface area (Å²) in [6.45, 7) is 5.36. The molecule has 1 fully saturated rings. The van der Waals surface area contributed by atoms with Gasteiger partial charge in [-0.2, -0.15) is 4.31 Å². The fourth-order valence-corrected chi connectivity index (χ4v) is 6.52. The van der Waals surface area contributed by atoms with Gasteiger partial charge >= 0.3 is 0 Å². The number of nitrogens with zero attached hydrogens (tertiary/aromatic N) is 2. The first-order chi connectivity index (χ1) is 13.4. The Kier molecular flexibility index (Phi) is 5.28. The Morgan fingerprint density at radius 2 is 1.89 bits per heavy atom. The van der Waals surface area contributed by atoms with Crippen molar-refractivity contribution in [3.05, 3.63) is 41.9 Å². The molecule has 1 saturated heterocycles. The van der Waals surface area contributed by atoms with Crippen LogP contribution in [0.3, 0.4) is 0 Å². The Balaban J connectivity index is 1.68. The predicted octanol–water partition coefficient (Wildman–Crippen LogP) is 3.90. The molecule has 0 aliphatic carbocycles. The van der Waals surface area contributed by atoms with Gasteiger partial charge < -0.3 is 9.32 Å². The standard InChI is InChI=1S/C20H24N2O4S2/c1-14-9-12-22(16-7-3-4-8-18(16)27-14)20(23)17-13-19(15(2)26-17)28(24,25)21-10-5-6-11-21/h3-4,7-8,13-14H,5-6,9-12H2,1-2H3/t14-/m1/s1. The van der Waals surface area contributed by atoms with Crippen molar-refractivity contribution in [1.82, 2.24) is 4.31 Å². The summed E-state index contributed by atoms with van der Waals surface area (Å²) >= 11 is 1.75. The minimum Gasteiger partial charge on any atom is -0.455 e. The van der Waals surface area contributed by atoms with Crippen LogP contribution in [0.1, 0.15) is 42.5 Å². The van der Waals surface area contributed by atoms with Crippen molar-refractivity contribution in [2.24, 2.45) is 0 Å². The van der Waals surface area contributed by atoms with Crippen LogP contribution in [-0.2, 0) is 10.0 Å². The molecule has 3 heterocycles. The van der Waals surface area contributed by atoms with Crippen LogP contribution >= 0.6 is 11.8 Å². The van der Waals surface area contributed by atoms with Crippen LogP contribution in [0.25, 0.3) is 0 Å². The lowest BCUT2D eigenvalue weighted by Crippen LogP contribution is -2.32. The van der Waals surface area contributed by atoms with Crippen molar-refractivity contribution in [2.75, 3.05) is 24.5 Å². The molecule has 1 aromatic carbocycles. The SMILES string of the molecule is Cc1oc(C(=O)N2CC[C@@H](C)Sc3ccccc32)cc1S(=O)(=O)N1CCCC1. The fourth-order valence-electron chi connectivity index (χ4n) is 3.73. The average molecular weight is 421 g/mol. The molecule has 0 N–H and O–H groups in total. The Bertz CT molecular complexity index is 993. The molecule has 6 nitrogen and oxygen atoms in total. The largest absolute Gasteiger partial charge is 0.455 e. The van der Waals surface area contributed by atoms with Gasteiger partial charge in [0.1, 0.15) is 10.7 Å². The maximum atomic E-state index is 13.3. The van der Waals surface area contributed by atoms with Crippen molar-refractivity contribution in [2.45, 2.75) is 48.2 Å². The number of para-hydroxylation sites is 1. The van der Waals surface area contributed by atoms with E-state index in [9.17, 15) is 13.2 Å². The Morgan fingerprint density at radius 1 is 1.18 bits per heavy atom. The molecule has 0 radical (unpaired) electrons. The Labute approximate surface area is 169 Å². The molecule has 0 spiro atoms. The lowest BCUT2D eigenvalue weighted by Gasteiger charge is -2.21. The molecule has 2 aliphatic rings. The second-order valence-corrected chi connectivity index (χ2v) is 10.7. The number of thioether (sulfide) groups is 1. The summed E-state index contributed by atoms with van der Waals surface area (Å²) in [6.07, 6.45) is 2.58. The van der Waals surface area contributed by atoms with Crippen molar-refractivity contribution in [3.8, 4) is 0 Å². The van der Waals surface area contributed by atoms with Gasteiger partial charge in [-0.25, -0.2) is 8.42 Å². The third kappa shape index (κ3) is 3.49. The highest BCUT2D eigenvalue weighted by atomic mass is 32.2. The molecule has 0 saturated carbocycles. The van der Waals surface area contributed by atoms with Gasteiger partial charge in [0.15, 0.2) is 5.76 Å². The summed E-state index contributed by atoms with van der Waals surface area (Å²) in [7, 11) is -3.62. The van der Waals surface area contributed by atoms with Gasteiger partial charge in [0.25, 0.3) is 5.91 Å². The van der Waals surface area contributed by atoms with Gasteiger partial charge in [-0.05, 0) is 38.3 Å². The first-order valence-corrected chi connectivity index (χ1v) is 11.9. The summed E-state index contributed by atoms with van der Waals surface area (Å²) in [5, 5.41) is 0.392. The van der Waals surface area contributed by atoms with Gasteiger partial charge in [-0.3, -0.25) is 4.79 Å². The highest BCUT2D eigenvalue weighted by molar-refractivity contribution is 8.00. The monoisotopic (exact) mass is 420 g/mol. The highest BCUT2D eigenvalue weighted by Crippen LogP contribution is 2.38. The van der Waals surface area contributed by atoms with Crippen LogP contribution in [0.4, 0.5) is 5.69 Å². The topological polar surface area (TPSA) is 70.8 Å². The molecule has 1 amide bonds. The molecule has 0 unspecified atom stereocenters. The molecule has 0 bridgehead atoms. The summed E-state index contributed by atoms with van der Waals surface area (Å²) < 4.78 is 32.9. The molecule has 8 heteroatoms. The van der Waals surface area contributed by atoms with E-state index < -0.39 is 10.0 Å². The van der Waals surface area contributed by atoms with Crippen molar-refractivity contribution < 1.29 is 17.6 Å². The molecule has 2 aromatic rings. The zero-order valence-corrected chi connectivity index (χ0v) is 17.7. The van der Waals surface area contributed by atoms with E-state index in [0.29, 0.717) is 24.9 Å². The van der Waals surface area contributed by atoms with E-state index in [1.54, 1.807) is 23.6 Å². The predicted molar refractivity (Wildman–Crippen MR) is 109 cm³/mol. The number of sulfonamides is 1. The van der Waals surface area contributed by atoms with E-state index in [4.69, 9.17) is 4.42 Å². The minimum absolute atomic E-state index is 0.0737. The average Bonchev–Trinajstić information content (AvgIpc) is 3.30. The number of hydrogen-bond acceptors (Lipinski definition) is 5. The quantitative estimate of drug-likeness (QED) is 0.753. The molecular weight excluding hydrogens is 396 g/mol. The molecule has 1 aromatic heterocycles. The first-order valence-electron chi connectivity index (χ1n) is 9.56. The maximum Gasteiger partial charge on any atom is 0.294 e. The van der Waals surface area contributed by atoms with Crippen LogP contribution in [0, 0.1) is 6.92 Å². The molecule has 2 aliphatic heterocycles. The van der Waals surface area contributed by atoms with Gasteiger partial charge in [-0.1, -0.05) is 19.1 Å². The lowest BCUT2D eigenvalue weighted by atomic mass is 10.2. The van der Waals surface area contributed by atoms with E-state index in [-0.39, 0.29) is 22.3 Å². The third-order valence-corrected chi connectivity index (χ3v) is 8.50. The van der Waals surface area contributed by atoms with E-state index in [0.717, 1.165) is 29.8 Å². The van der Waals surface area contributed by atoms with Crippen molar-refractivity contribution in [1.29, 1.82) is 0 Å². The number of fused-ring (bicyclic) bond motifs is 1. The van der Waals surface area contributed by atoms with Crippen LogP contribution < -0.4 is 4.90 Å². The second kappa shape index (κ2) is 7.57. The van der Waals surface area contributed by atoms with E-state index in [2.05, 4.69) is 6.92 Å². The van der Waals surface area contributed by atoms with Crippen LogP contribution in [-0.4, -0.2) is 43.5 Å². The van der Waals surface area contributed by atoms with E-state index in [1.807, 2.05) is 24.3 Å².